The number of carbonyl (C=O) groups is 1. The molecule has 1 amide bonds. The van der Waals surface area contributed by atoms with Gasteiger partial charge in [0, 0.05) is 25.4 Å². The van der Waals surface area contributed by atoms with Gasteiger partial charge in [-0.15, -0.1) is 0 Å². The van der Waals surface area contributed by atoms with Gasteiger partial charge in [-0.1, -0.05) is 49.3 Å². The minimum Gasteiger partial charge on any atom is -0.338 e. The molecule has 1 atom stereocenters. The van der Waals surface area contributed by atoms with Crippen molar-refractivity contribution < 1.29 is 9.32 Å². The van der Waals surface area contributed by atoms with Crippen molar-refractivity contribution >= 4 is 5.91 Å². The number of carbonyl (C=O) groups excluding carboxylic acids is 1. The second kappa shape index (κ2) is 7.57. The molecule has 0 radical (unpaired) electrons. The molecule has 2 aromatic rings. The van der Waals surface area contributed by atoms with E-state index in [0.29, 0.717) is 37.8 Å². The van der Waals surface area contributed by atoms with Gasteiger partial charge in [0.15, 0.2) is 5.82 Å². The van der Waals surface area contributed by atoms with Gasteiger partial charge in [-0.2, -0.15) is 4.98 Å². The summed E-state index contributed by atoms with van der Waals surface area (Å²) in [7, 11) is 0. The van der Waals surface area contributed by atoms with Crippen LogP contribution in [-0.4, -0.2) is 45.5 Å². The Morgan fingerprint density at radius 2 is 2.00 bits per heavy atom. The van der Waals surface area contributed by atoms with Crippen LogP contribution < -0.4 is 0 Å². The number of nitrogens with zero attached hydrogens (tertiary/aromatic N) is 4. The molecule has 1 saturated heterocycles. The number of hydrogen-bond acceptors (Lipinski definition) is 5. The van der Waals surface area contributed by atoms with Gasteiger partial charge in [0.2, 0.25) is 11.8 Å². The SMILES string of the molecule is CCN(CC)Cc1nc(C2CC(=O)N(Cc3ccccc3)C2)no1. The van der Waals surface area contributed by atoms with E-state index in [1.807, 2.05) is 35.2 Å². The van der Waals surface area contributed by atoms with Gasteiger partial charge in [-0.3, -0.25) is 9.69 Å². The van der Waals surface area contributed by atoms with E-state index in [1.165, 1.54) is 0 Å². The second-order valence-electron chi connectivity index (χ2n) is 6.17. The average Bonchev–Trinajstić information content (AvgIpc) is 3.21. The van der Waals surface area contributed by atoms with Crippen LogP contribution in [-0.2, 0) is 17.9 Å². The van der Waals surface area contributed by atoms with E-state index in [2.05, 4.69) is 28.9 Å². The van der Waals surface area contributed by atoms with Crippen molar-refractivity contribution in [3.8, 4) is 0 Å². The fourth-order valence-corrected chi connectivity index (χ4v) is 3.04. The van der Waals surface area contributed by atoms with E-state index in [1.54, 1.807) is 0 Å². The highest BCUT2D eigenvalue weighted by Gasteiger charge is 2.33. The largest absolute Gasteiger partial charge is 0.338 e. The third-order valence-corrected chi connectivity index (χ3v) is 4.53. The predicted molar refractivity (Wildman–Crippen MR) is 90.1 cm³/mol. The lowest BCUT2D eigenvalue weighted by atomic mass is 10.1. The van der Waals surface area contributed by atoms with Gasteiger partial charge < -0.3 is 9.42 Å². The summed E-state index contributed by atoms with van der Waals surface area (Å²) in [4.78, 5) is 20.9. The molecule has 6 nitrogen and oxygen atoms in total. The summed E-state index contributed by atoms with van der Waals surface area (Å²) in [5, 5.41) is 4.10. The predicted octanol–water partition coefficient (Wildman–Crippen LogP) is 2.43. The lowest BCUT2D eigenvalue weighted by molar-refractivity contribution is -0.128. The van der Waals surface area contributed by atoms with Gasteiger partial charge in [0.05, 0.1) is 6.54 Å². The van der Waals surface area contributed by atoms with Crippen LogP contribution in [0.5, 0.6) is 0 Å². The Morgan fingerprint density at radius 1 is 1.25 bits per heavy atom. The van der Waals surface area contributed by atoms with Crippen LogP contribution in [0, 0.1) is 0 Å². The Labute approximate surface area is 142 Å². The lowest BCUT2D eigenvalue weighted by Gasteiger charge is -2.16. The molecule has 1 unspecified atom stereocenters. The Bertz CT molecular complexity index is 667. The Balaban J connectivity index is 1.62. The van der Waals surface area contributed by atoms with Gasteiger partial charge in [0.25, 0.3) is 0 Å². The maximum atomic E-state index is 12.3. The molecule has 0 N–H and O–H groups in total. The van der Waals surface area contributed by atoms with E-state index >= 15 is 0 Å². The molecule has 0 aliphatic carbocycles. The lowest BCUT2D eigenvalue weighted by Crippen LogP contribution is -2.24. The van der Waals surface area contributed by atoms with Crippen molar-refractivity contribution in [3.63, 3.8) is 0 Å². The van der Waals surface area contributed by atoms with Crippen molar-refractivity contribution in [2.45, 2.75) is 39.3 Å². The molecule has 1 aromatic heterocycles. The van der Waals surface area contributed by atoms with Crippen LogP contribution in [0.4, 0.5) is 0 Å². The fourth-order valence-electron chi connectivity index (χ4n) is 3.04. The summed E-state index contributed by atoms with van der Waals surface area (Å²) in [5.74, 6) is 1.46. The van der Waals surface area contributed by atoms with E-state index < -0.39 is 0 Å². The number of aromatic nitrogens is 2. The van der Waals surface area contributed by atoms with E-state index in [0.717, 1.165) is 18.7 Å². The van der Waals surface area contributed by atoms with Crippen LogP contribution in [0.25, 0.3) is 0 Å². The number of benzene rings is 1. The number of rotatable bonds is 7. The molecule has 0 spiro atoms. The highest BCUT2D eigenvalue weighted by molar-refractivity contribution is 5.79. The molecule has 1 fully saturated rings. The maximum Gasteiger partial charge on any atom is 0.240 e. The molecule has 6 heteroatoms. The molecule has 1 aromatic carbocycles. The van der Waals surface area contributed by atoms with Crippen molar-refractivity contribution in [2.24, 2.45) is 0 Å². The van der Waals surface area contributed by atoms with Gasteiger partial charge in [0.1, 0.15) is 0 Å². The van der Waals surface area contributed by atoms with Crippen molar-refractivity contribution in [1.82, 2.24) is 19.9 Å². The van der Waals surface area contributed by atoms with Crippen LogP contribution in [0.1, 0.15) is 43.5 Å². The quantitative estimate of drug-likeness (QED) is 0.781. The molecule has 0 saturated carbocycles. The van der Waals surface area contributed by atoms with E-state index in [-0.39, 0.29) is 11.8 Å². The first kappa shape index (κ1) is 16.6. The normalized spacial score (nSPS) is 17.9. The Kier molecular flexibility index (Phi) is 5.25. The molecule has 24 heavy (non-hydrogen) atoms. The monoisotopic (exact) mass is 328 g/mol. The second-order valence-corrected chi connectivity index (χ2v) is 6.17. The van der Waals surface area contributed by atoms with Crippen LogP contribution >= 0.6 is 0 Å². The molecule has 0 bridgehead atoms. The topological polar surface area (TPSA) is 62.5 Å². The highest BCUT2D eigenvalue weighted by atomic mass is 16.5. The molecule has 128 valence electrons. The molecule has 3 rings (SSSR count). The summed E-state index contributed by atoms with van der Waals surface area (Å²) in [6.07, 6.45) is 0.455. The third-order valence-electron chi connectivity index (χ3n) is 4.53. The first-order chi connectivity index (χ1) is 11.7. The van der Waals surface area contributed by atoms with Gasteiger partial charge >= 0.3 is 0 Å². The Hall–Kier alpha value is -2.21. The van der Waals surface area contributed by atoms with Crippen molar-refractivity contribution in [1.29, 1.82) is 0 Å². The first-order valence-corrected chi connectivity index (χ1v) is 8.56. The van der Waals surface area contributed by atoms with Crippen molar-refractivity contribution in [2.75, 3.05) is 19.6 Å². The van der Waals surface area contributed by atoms with Crippen molar-refractivity contribution in [3.05, 3.63) is 47.6 Å². The Morgan fingerprint density at radius 3 is 2.71 bits per heavy atom. The summed E-state index contributed by atoms with van der Waals surface area (Å²) in [6.45, 7) is 8.06. The van der Waals surface area contributed by atoms with Crippen LogP contribution in [0.2, 0.25) is 0 Å². The minimum absolute atomic E-state index is 0.0235. The third kappa shape index (κ3) is 3.82. The molecular formula is C18H24N4O2. The molecule has 1 aliphatic heterocycles. The van der Waals surface area contributed by atoms with E-state index in [4.69, 9.17) is 4.52 Å². The first-order valence-electron chi connectivity index (χ1n) is 8.56. The van der Waals surface area contributed by atoms with E-state index in [9.17, 15) is 4.79 Å². The summed E-state index contributed by atoms with van der Waals surface area (Å²) in [5.41, 5.74) is 1.14. The average molecular weight is 328 g/mol. The zero-order valence-corrected chi connectivity index (χ0v) is 14.3. The number of likely N-dealkylation sites (tertiary alicyclic amines) is 1. The van der Waals surface area contributed by atoms with Gasteiger partial charge in [-0.25, -0.2) is 0 Å². The van der Waals surface area contributed by atoms with Crippen LogP contribution in [0.3, 0.4) is 0 Å². The smallest absolute Gasteiger partial charge is 0.240 e. The minimum atomic E-state index is 0.0235. The summed E-state index contributed by atoms with van der Waals surface area (Å²) in [6, 6.07) is 10.0. The standard InChI is InChI=1S/C18H24N4O2/c1-3-21(4-2)13-16-19-18(20-24-16)15-10-17(23)22(12-15)11-14-8-6-5-7-9-14/h5-9,15H,3-4,10-13H2,1-2H3. The number of hydrogen-bond donors (Lipinski definition) is 0. The summed E-state index contributed by atoms with van der Waals surface area (Å²) < 4.78 is 5.37. The highest BCUT2D eigenvalue weighted by Crippen LogP contribution is 2.27. The fraction of sp³-hybridized carbons (Fsp3) is 0.500. The number of amides is 1. The zero-order chi connectivity index (χ0) is 16.9. The molecule has 2 heterocycles. The zero-order valence-electron chi connectivity index (χ0n) is 14.3. The molecule has 1 aliphatic rings. The van der Waals surface area contributed by atoms with Gasteiger partial charge in [-0.05, 0) is 18.7 Å². The summed E-state index contributed by atoms with van der Waals surface area (Å²) >= 11 is 0. The maximum absolute atomic E-state index is 12.3. The van der Waals surface area contributed by atoms with Crippen LogP contribution in [0.15, 0.2) is 34.9 Å². The molecular weight excluding hydrogens is 304 g/mol.